The van der Waals surface area contributed by atoms with Gasteiger partial charge in [-0.1, -0.05) is 36.8 Å². The van der Waals surface area contributed by atoms with Crippen molar-refractivity contribution in [3.05, 3.63) is 35.9 Å². The zero-order valence-corrected chi connectivity index (χ0v) is 11.3. The molecule has 3 nitrogen and oxygen atoms in total. The van der Waals surface area contributed by atoms with E-state index in [9.17, 15) is 4.79 Å². The second kappa shape index (κ2) is 5.33. The summed E-state index contributed by atoms with van der Waals surface area (Å²) in [4.78, 5) is 12.7. The first-order valence-electron chi connectivity index (χ1n) is 7.38. The fourth-order valence-electron chi connectivity index (χ4n) is 3.22. The summed E-state index contributed by atoms with van der Waals surface area (Å²) in [5.74, 6) is 0.247. The summed E-state index contributed by atoms with van der Waals surface area (Å²) >= 11 is 0. The first kappa shape index (κ1) is 12.7. The molecule has 0 unspecified atom stereocenters. The van der Waals surface area contributed by atoms with Crippen molar-refractivity contribution in [2.75, 3.05) is 13.1 Å². The lowest BCUT2D eigenvalue weighted by Crippen LogP contribution is -2.53. The van der Waals surface area contributed by atoms with E-state index in [4.69, 9.17) is 0 Å². The Labute approximate surface area is 114 Å². The molecule has 0 bridgehead atoms. The average molecular weight is 258 g/mol. The third-order valence-electron chi connectivity index (χ3n) is 4.64. The Morgan fingerprint density at radius 1 is 1.16 bits per heavy atom. The number of carbonyl (C=O) groups excluding carboxylic acids is 1. The zero-order chi connectivity index (χ0) is 13.1. The standard InChI is InChI=1S/C16H22N2O/c19-15(18-14-7-11-17-12-8-14)16(9-4-10-16)13-5-2-1-3-6-13/h1-3,5-6,14,17H,4,7-12H2,(H,18,19). The SMILES string of the molecule is O=C(NC1CCNCC1)C1(c2ccccc2)CCC1. The van der Waals surface area contributed by atoms with Crippen molar-refractivity contribution < 1.29 is 4.79 Å². The van der Waals surface area contributed by atoms with Gasteiger partial charge in [0.1, 0.15) is 0 Å². The first-order chi connectivity index (χ1) is 9.31. The lowest BCUT2D eigenvalue weighted by molar-refractivity contribution is -0.130. The van der Waals surface area contributed by atoms with Gasteiger partial charge in [-0.3, -0.25) is 4.79 Å². The highest BCUT2D eigenvalue weighted by Crippen LogP contribution is 2.44. The lowest BCUT2D eigenvalue weighted by Gasteiger charge is -2.42. The van der Waals surface area contributed by atoms with Crippen LogP contribution in [0.25, 0.3) is 0 Å². The van der Waals surface area contributed by atoms with E-state index in [1.165, 1.54) is 5.56 Å². The Hall–Kier alpha value is -1.35. The van der Waals surface area contributed by atoms with Gasteiger partial charge in [0.25, 0.3) is 0 Å². The van der Waals surface area contributed by atoms with Crippen LogP contribution in [0, 0.1) is 0 Å². The molecule has 2 N–H and O–H groups in total. The zero-order valence-electron chi connectivity index (χ0n) is 11.3. The fourth-order valence-corrected chi connectivity index (χ4v) is 3.22. The number of piperidine rings is 1. The highest BCUT2D eigenvalue weighted by atomic mass is 16.2. The Balaban J connectivity index is 1.73. The molecule has 3 rings (SSSR count). The molecule has 0 aromatic heterocycles. The summed E-state index contributed by atoms with van der Waals surface area (Å²) in [7, 11) is 0. The van der Waals surface area contributed by atoms with E-state index < -0.39 is 0 Å². The van der Waals surface area contributed by atoms with E-state index in [0.29, 0.717) is 6.04 Å². The molecule has 1 amide bonds. The van der Waals surface area contributed by atoms with Gasteiger partial charge in [0.05, 0.1) is 5.41 Å². The van der Waals surface area contributed by atoms with Crippen LogP contribution in [-0.4, -0.2) is 25.0 Å². The molecule has 19 heavy (non-hydrogen) atoms. The third-order valence-corrected chi connectivity index (χ3v) is 4.64. The van der Waals surface area contributed by atoms with Gasteiger partial charge in [0, 0.05) is 6.04 Å². The number of benzene rings is 1. The molecule has 1 saturated heterocycles. The maximum Gasteiger partial charge on any atom is 0.230 e. The van der Waals surface area contributed by atoms with Crippen LogP contribution in [0.4, 0.5) is 0 Å². The second-order valence-corrected chi connectivity index (χ2v) is 5.80. The second-order valence-electron chi connectivity index (χ2n) is 5.80. The number of amides is 1. The van der Waals surface area contributed by atoms with Crippen molar-refractivity contribution in [1.82, 2.24) is 10.6 Å². The van der Waals surface area contributed by atoms with Crippen LogP contribution in [0.15, 0.2) is 30.3 Å². The van der Waals surface area contributed by atoms with Crippen molar-refractivity contribution in [3.63, 3.8) is 0 Å². The summed E-state index contributed by atoms with van der Waals surface area (Å²) in [5, 5.41) is 6.62. The predicted molar refractivity (Wildman–Crippen MR) is 76.0 cm³/mol. The molecule has 0 spiro atoms. The Bertz CT molecular complexity index is 433. The van der Waals surface area contributed by atoms with E-state index in [1.54, 1.807) is 0 Å². The third kappa shape index (κ3) is 2.39. The van der Waals surface area contributed by atoms with E-state index in [1.807, 2.05) is 18.2 Å². The number of carbonyl (C=O) groups is 1. The van der Waals surface area contributed by atoms with Gasteiger partial charge in [-0.25, -0.2) is 0 Å². The van der Waals surface area contributed by atoms with Crippen LogP contribution in [0.2, 0.25) is 0 Å². The summed E-state index contributed by atoms with van der Waals surface area (Å²) in [6.45, 7) is 2.03. The average Bonchev–Trinajstić information content (AvgIpc) is 2.40. The summed E-state index contributed by atoms with van der Waals surface area (Å²) in [6.07, 6.45) is 5.25. The molecule has 2 fully saturated rings. The van der Waals surface area contributed by atoms with Crippen molar-refractivity contribution in [1.29, 1.82) is 0 Å². The molecule has 1 saturated carbocycles. The highest BCUT2D eigenvalue weighted by Gasteiger charge is 2.45. The lowest BCUT2D eigenvalue weighted by atomic mass is 9.63. The molecule has 1 aliphatic heterocycles. The maximum atomic E-state index is 12.7. The number of rotatable bonds is 3. The van der Waals surface area contributed by atoms with Gasteiger partial charge in [-0.2, -0.15) is 0 Å². The van der Waals surface area contributed by atoms with E-state index >= 15 is 0 Å². The Kier molecular flexibility index (Phi) is 3.56. The van der Waals surface area contributed by atoms with Crippen LogP contribution >= 0.6 is 0 Å². The first-order valence-corrected chi connectivity index (χ1v) is 7.38. The molecule has 1 heterocycles. The quantitative estimate of drug-likeness (QED) is 0.870. The van der Waals surface area contributed by atoms with Crippen LogP contribution < -0.4 is 10.6 Å². The van der Waals surface area contributed by atoms with E-state index in [0.717, 1.165) is 45.2 Å². The van der Waals surface area contributed by atoms with Crippen molar-refractivity contribution in [2.45, 2.75) is 43.6 Å². The summed E-state index contributed by atoms with van der Waals surface area (Å²) in [5.41, 5.74) is 0.944. The Morgan fingerprint density at radius 2 is 1.84 bits per heavy atom. The predicted octanol–water partition coefficient (Wildman–Crippen LogP) is 1.98. The van der Waals surface area contributed by atoms with Gasteiger partial charge < -0.3 is 10.6 Å². The van der Waals surface area contributed by atoms with Crippen LogP contribution in [0.1, 0.15) is 37.7 Å². The molecule has 1 aromatic carbocycles. The fraction of sp³-hybridized carbons (Fsp3) is 0.562. The molecule has 1 aliphatic carbocycles. The van der Waals surface area contributed by atoms with Crippen molar-refractivity contribution in [3.8, 4) is 0 Å². The molecule has 3 heteroatoms. The van der Waals surface area contributed by atoms with Crippen molar-refractivity contribution >= 4 is 5.91 Å². The summed E-state index contributed by atoms with van der Waals surface area (Å²) in [6, 6.07) is 10.6. The van der Waals surface area contributed by atoms with Crippen LogP contribution in [0.3, 0.4) is 0 Å². The van der Waals surface area contributed by atoms with Gasteiger partial charge in [0.2, 0.25) is 5.91 Å². The van der Waals surface area contributed by atoms with E-state index in [2.05, 4.69) is 22.8 Å². The molecule has 1 aromatic rings. The minimum Gasteiger partial charge on any atom is -0.353 e. The summed E-state index contributed by atoms with van der Waals surface area (Å²) < 4.78 is 0. The minimum absolute atomic E-state index is 0.244. The molecular weight excluding hydrogens is 236 g/mol. The van der Waals surface area contributed by atoms with Gasteiger partial charge in [-0.05, 0) is 44.3 Å². The molecule has 0 radical (unpaired) electrons. The molecule has 2 aliphatic rings. The van der Waals surface area contributed by atoms with E-state index in [-0.39, 0.29) is 11.3 Å². The smallest absolute Gasteiger partial charge is 0.230 e. The van der Waals surface area contributed by atoms with Crippen LogP contribution in [-0.2, 0) is 10.2 Å². The monoisotopic (exact) mass is 258 g/mol. The number of hydrogen-bond acceptors (Lipinski definition) is 2. The van der Waals surface area contributed by atoms with Gasteiger partial charge >= 0.3 is 0 Å². The highest BCUT2D eigenvalue weighted by molar-refractivity contribution is 5.89. The number of hydrogen-bond donors (Lipinski definition) is 2. The molecule has 0 atom stereocenters. The van der Waals surface area contributed by atoms with Crippen LogP contribution in [0.5, 0.6) is 0 Å². The molecule has 102 valence electrons. The normalized spacial score (nSPS) is 22.5. The number of nitrogens with one attached hydrogen (secondary N) is 2. The largest absolute Gasteiger partial charge is 0.353 e. The minimum atomic E-state index is -0.244. The topological polar surface area (TPSA) is 41.1 Å². The Morgan fingerprint density at radius 3 is 2.42 bits per heavy atom. The van der Waals surface area contributed by atoms with Crippen molar-refractivity contribution in [2.24, 2.45) is 0 Å². The van der Waals surface area contributed by atoms with Gasteiger partial charge in [0.15, 0.2) is 0 Å². The molecular formula is C16H22N2O. The maximum absolute atomic E-state index is 12.7. The van der Waals surface area contributed by atoms with Gasteiger partial charge in [-0.15, -0.1) is 0 Å².